The molecule has 1 rings (SSSR count). The molecule has 0 spiro atoms. The molecule has 0 aliphatic heterocycles. The van der Waals surface area contributed by atoms with Gasteiger partial charge in [-0.1, -0.05) is 6.07 Å². The van der Waals surface area contributed by atoms with Crippen LogP contribution in [0.1, 0.15) is 25.6 Å². The Balaban J connectivity index is 2.32. The second-order valence-electron chi connectivity index (χ2n) is 5.52. The topological polar surface area (TPSA) is 52.6 Å². The molecule has 0 saturated carbocycles. The van der Waals surface area contributed by atoms with Crippen molar-refractivity contribution in [2.75, 3.05) is 20.1 Å². The zero-order valence-electron chi connectivity index (χ0n) is 12.1. The minimum Gasteiger partial charge on any atom is -0.389 e. The molecule has 1 heterocycles. The van der Waals surface area contributed by atoms with Gasteiger partial charge in [0.05, 0.1) is 11.6 Å². The van der Waals surface area contributed by atoms with Crippen LogP contribution in [-0.4, -0.2) is 47.7 Å². The number of rotatable bonds is 7. The Hall–Kier alpha value is -0.910. The van der Waals surface area contributed by atoms with Crippen molar-refractivity contribution in [3.05, 3.63) is 22.4 Å². The van der Waals surface area contributed by atoms with Gasteiger partial charge in [-0.2, -0.15) is 0 Å². The summed E-state index contributed by atoms with van der Waals surface area (Å²) in [5, 5.41) is 14.7. The fraction of sp³-hybridized carbons (Fsp3) is 0.643. The van der Waals surface area contributed by atoms with Crippen LogP contribution in [0.3, 0.4) is 0 Å². The molecule has 0 aromatic carbocycles. The summed E-state index contributed by atoms with van der Waals surface area (Å²) >= 11 is 1.70. The summed E-state index contributed by atoms with van der Waals surface area (Å²) in [6, 6.07) is 3.84. The second-order valence-corrected chi connectivity index (χ2v) is 6.56. The lowest BCUT2D eigenvalue weighted by molar-refractivity contribution is -0.126. The SMILES string of the molecule is CC(C(=O)NCCc1cccs1)N(C)CC(C)(C)O. The summed E-state index contributed by atoms with van der Waals surface area (Å²) in [6.07, 6.45) is 0.866. The number of nitrogens with zero attached hydrogens (tertiary/aromatic N) is 1. The van der Waals surface area contributed by atoms with Crippen molar-refractivity contribution in [1.29, 1.82) is 0 Å². The van der Waals surface area contributed by atoms with Gasteiger partial charge in [0, 0.05) is 18.0 Å². The number of amides is 1. The van der Waals surface area contributed by atoms with Crippen LogP contribution in [0.15, 0.2) is 17.5 Å². The van der Waals surface area contributed by atoms with Crippen LogP contribution >= 0.6 is 11.3 Å². The number of aliphatic hydroxyl groups is 1. The summed E-state index contributed by atoms with van der Waals surface area (Å²) in [4.78, 5) is 15.1. The van der Waals surface area contributed by atoms with E-state index < -0.39 is 5.60 Å². The van der Waals surface area contributed by atoms with Crippen LogP contribution < -0.4 is 5.32 Å². The fourth-order valence-electron chi connectivity index (χ4n) is 1.86. The summed E-state index contributed by atoms with van der Waals surface area (Å²) < 4.78 is 0. The number of nitrogens with one attached hydrogen (secondary N) is 1. The molecule has 4 nitrogen and oxygen atoms in total. The van der Waals surface area contributed by atoms with Crippen LogP contribution in [-0.2, 0) is 11.2 Å². The maximum atomic E-state index is 12.0. The molecule has 5 heteroatoms. The van der Waals surface area contributed by atoms with Gasteiger partial charge >= 0.3 is 0 Å². The highest BCUT2D eigenvalue weighted by Gasteiger charge is 2.23. The molecule has 0 fully saturated rings. The molecule has 19 heavy (non-hydrogen) atoms. The normalized spacial score (nSPS) is 13.6. The summed E-state index contributed by atoms with van der Waals surface area (Å²) in [5.74, 6) is 0.00306. The minimum atomic E-state index is -0.791. The van der Waals surface area contributed by atoms with Crippen LogP contribution in [0.2, 0.25) is 0 Å². The van der Waals surface area contributed by atoms with Crippen molar-refractivity contribution in [1.82, 2.24) is 10.2 Å². The Bertz CT molecular complexity index is 385. The Labute approximate surface area is 119 Å². The molecule has 1 aromatic rings. The minimum absolute atomic E-state index is 0.00306. The van der Waals surface area contributed by atoms with Gasteiger partial charge in [-0.3, -0.25) is 9.69 Å². The van der Waals surface area contributed by atoms with Gasteiger partial charge in [0.15, 0.2) is 0 Å². The number of likely N-dealkylation sites (N-methyl/N-ethyl adjacent to an activating group) is 1. The van der Waals surface area contributed by atoms with Gasteiger partial charge in [-0.15, -0.1) is 11.3 Å². The lowest BCUT2D eigenvalue weighted by atomic mass is 10.1. The smallest absolute Gasteiger partial charge is 0.237 e. The molecule has 1 unspecified atom stereocenters. The first-order valence-electron chi connectivity index (χ1n) is 6.52. The second kappa shape index (κ2) is 7.03. The number of carbonyl (C=O) groups is 1. The molecule has 0 aliphatic rings. The first kappa shape index (κ1) is 16.1. The number of hydrogen-bond acceptors (Lipinski definition) is 4. The first-order valence-corrected chi connectivity index (χ1v) is 7.40. The van der Waals surface area contributed by atoms with Gasteiger partial charge in [0.25, 0.3) is 0 Å². The zero-order chi connectivity index (χ0) is 14.5. The van der Waals surface area contributed by atoms with Crippen molar-refractivity contribution in [2.45, 2.75) is 38.8 Å². The largest absolute Gasteiger partial charge is 0.389 e. The first-order chi connectivity index (χ1) is 8.79. The third-order valence-electron chi connectivity index (χ3n) is 2.93. The van der Waals surface area contributed by atoms with E-state index in [0.29, 0.717) is 13.1 Å². The summed E-state index contributed by atoms with van der Waals surface area (Å²) in [5.41, 5.74) is -0.791. The van der Waals surface area contributed by atoms with Crippen molar-refractivity contribution in [2.24, 2.45) is 0 Å². The molecule has 2 N–H and O–H groups in total. The molecular weight excluding hydrogens is 260 g/mol. The monoisotopic (exact) mass is 284 g/mol. The van der Waals surface area contributed by atoms with Crippen LogP contribution in [0, 0.1) is 0 Å². The number of carbonyl (C=O) groups excluding carboxylic acids is 1. The number of thiophene rings is 1. The van der Waals surface area contributed by atoms with E-state index >= 15 is 0 Å². The van der Waals surface area contributed by atoms with Gasteiger partial charge < -0.3 is 10.4 Å². The Morgan fingerprint density at radius 2 is 2.26 bits per heavy atom. The van der Waals surface area contributed by atoms with Gasteiger partial charge in [-0.05, 0) is 45.7 Å². The third kappa shape index (κ3) is 6.18. The lowest BCUT2D eigenvalue weighted by Crippen LogP contribution is -2.48. The molecule has 0 bridgehead atoms. The molecule has 0 saturated heterocycles. The Kier molecular flexibility index (Phi) is 5.97. The fourth-order valence-corrected chi connectivity index (χ4v) is 2.57. The highest BCUT2D eigenvalue weighted by molar-refractivity contribution is 7.09. The maximum absolute atomic E-state index is 12.0. The summed E-state index contributed by atoms with van der Waals surface area (Å²) in [7, 11) is 1.85. The van der Waals surface area contributed by atoms with Gasteiger partial charge in [-0.25, -0.2) is 0 Å². The van der Waals surface area contributed by atoms with E-state index in [1.54, 1.807) is 25.2 Å². The van der Waals surface area contributed by atoms with E-state index in [4.69, 9.17) is 0 Å². The van der Waals surface area contributed by atoms with Crippen molar-refractivity contribution >= 4 is 17.2 Å². The highest BCUT2D eigenvalue weighted by Crippen LogP contribution is 2.09. The lowest BCUT2D eigenvalue weighted by Gasteiger charge is -2.29. The van der Waals surface area contributed by atoms with E-state index in [-0.39, 0.29) is 11.9 Å². The molecule has 1 amide bonds. The third-order valence-corrected chi connectivity index (χ3v) is 3.86. The van der Waals surface area contributed by atoms with Crippen molar-refractivity contribution < 1.29 is 9.90 Å². The highest BCUT2D eigenvalue weighted by atomic mass is 32.1. The van der Waals surface area contributed by atoms with E-state index in [1.807, 2.05) is 30.3 Å². The Morgan fingerprint density at radius 1 is 1.58 bits per heavy atom. The standard InChI is InChI=1S/C14H24N2O2S/c1-11(16(4)10-14(2,3)18)13(17)15-8-7-12-6-5-9-19-12/h5-6,9,11,18H,7-8,10H2,1-4H3,(H,15,17). The molecule has 0 radical (unpaired) electrons. The van der Waals surface area contributed by atoms with Gasteiger partial charge in [0.2, 0.25) is 5.91 Å². The zero-order valence-corrected chi connectivity index (χ0v) is 13.0. The predicted molar refractivity (Wildman–Crippen MR) is 79.4 cm³/mol. The average Bonchev–Trinajstić information content (AvgIpc) is 2.78. The van der Waals surface area contributed by atoms with Gasteiger partial charge in [0.1, 0.15) is 0 Å². The Morgan fingerprint density at radius 3 is 2.79 bits per heavy atom. The predicted octanol–water partition coefficient (Wildman–Crippen LogP) is 1.50. The van der Waals surface area contributed by atoms with Crippen LogP contribution in [0.25, 0.3) is 0 Å². The van der Waals surface area contributed by atoms with E-state index in [2.05, 4.69) is 11.4 Å². The van der Waals surface area contributed by atoms with Crippen molar-refractivity contribution in [3.63, 3.8) is 0 Å². The molecule has 1 aromatic heterocycles. The van der Waals surface area contributed by atoms with Crippen LogP contribution in [0.4, 0.5) is 0 Å². The van der Waals surface area contributed by atoms with Crippen LogP contribution in [0.5, 0.6) is 0 Å². The average molecular weight is 284 g/mol. The maximum Gasteiger partial charge on any atom is 0.237 e. The summed E-state index contributed by atoms with van der Waals surface area (Å²) in [6.45, 7) is 6.45. The molecule has 0 aliphatic carbocycles. The number of hydrogen-bond donors (Lipinski definition) is 2. The molecular formula is C14H24N2O2S. The molecule has 108 valence electrons. The quantitative estimate of drug-likeness (QED) is 0.798. The van der Waals surface area contributed by atoms with Crippen molar-refractivity contribution in [3.8, 4) is 0 Å². The van der Waals surface area contributed by atoms with E-state index in [9.17, 15) is 9.90 Å². The van der Waals surface area contributed by atoms with E-state index in [1.165, 1.54) is 4.88 Å². The molecule has 1 atom stereocenters. The van der Waals surface area contributed by atoms with E-state index in [0.717, 1.165) is 6.42 Å².